The number of nitrogens with zero attached hydrogens (tertiary/aromatic N) is 2. The summed E-state index contributed by atoms with van der Waals surface area (Å²) in [5.41, 5.74) is 3.64. The molecule has 3 rings (SSSR count). The van der Waals surface area contributed by atoms with Gasteiger partial charge < -0.3 is 9.71 Å². The smallest absolute Gasteiger partial charge is 0.170 e. The maximum atomic E-state index is 9.05. The normalized spacial score (nSPS) is 10.7. The van der Waals surface area contributed by atoms with Crippen molar-refractivity contribution in [1.82, 2.24) is 9.97 Å². The van der Waals surface area contributed by atoms with Crippen LogP contribution in [0.4, 0.5) is 5.69 Å². The summed E-state index contributed by atoms with van der Waals surface area (Å²) in [4.78, 5) is 8.86. The zero-order valence-corrected chi connectivity index (χ0v) is 12.7. The van der Waals surface area contributed by atoms with Crippen molar-refractivity contribution in [3.8, 4) is 6.07 Å². The van der Waals surface area contributed by atoms with Crippen LogP contribution < -0.4 is 4.72 Å². The predicted molar refractivity (Wildman–Crippen MR) is 84.1 cm³/mol. The minimum atomic E-state index is 0.662. The van der Waals surface area contributed by atoms with E-state index in [1.807, 2.05) is 25.1 Å². The van der Waals surface area contributed by atoms with Gasteiger partial charge in [-0.25, -0.2) is 4.98 Å². The molecule has 0 unspecified atom stereocenters. The van der Waals surface area contributed by atoms with E-state index < -0.39 is 0 Å². The minimum Gasteiger partial charge on any atom is -0.358 e. The van der Waals surface area contributed by atoms with E-state index in [0.29, 0.717) is 5.56 Å². The molecule has 1 aromatic carbocycles. The van der Waals surface area contributed by atoms with Gasteiger partial charge >= 0.3 is 0 Å². The van der Waals surface area contributed by atoms with E-state index in [4.69, 9.17) is 5.26 Å². The zero-order valence-electron chi connectivity index (χ0n) is 11.0. The monoisotopic (exact) mass is 300 g/mol. The van der Waals surface area contributed by atoms with E-state index in [1.165, 1.54) is 16.8 Å². The molecule has 100 valence electrons. The van der Waals surface area contributed by atoms with Crippen LogP contribution in [0.1, 0.15) is 16.1 Å². The third-order valence-corrected chi connectivity index (χ3v) is 5.05. The number of anilines is 1. The SMILES string of the molecule is Cc1nc(SNc2cccc3c(C#N)c[nH]c23)sc1C. The van der Waals surface area contributed by atoms with Gasteiger partial charge in [0.05, 0.1) is 22.5 Å². The highest BCUT2D eigenvalue weighted by Gasteiger charge is 2.09. The molecular weight excluding hydrogens is 288 g/mol. The number of nitrogens with one attached hydrogen (secondary N) is 2. The summed E-state index contributed by atoms with van der Waals surface area (Å²) in [6, 6.07) is 8.06. The van der Waals surface area contributed by atoms with Gasteiger partial charge in [-0.2, -0.15) is 5.26 Å². The number of H-pyrrole nitrogens is 1. The fraction of sp³-hybridized carbons (Fsp3) is 0.143. The average molecular weight is 300 g/mol. The Hall–Kier alpha value is -1.97. The van der Waals surface area contributed by atoms with E-state index >= 15 is 0 Å². The summed E-state index contributed by atoms with van der Waals surface area (Å²) in [5, 5.41) is 9.99. The van der Waals surface area contributed by atoms with Crippen LogP contribution in [0.5, 0.6) is 0 Å². The fourth-order valence-electron chi connectivity index (χ4n) is 1.92. The number of aromatic amines is 1. The number of para-hydroxylation sites is 1. The summed E-state index contributed by atoms with van der Waals surface area (Å²) in [7, 11) is 0. The van der Waals surface area contributed by atoms with Crippen molar-refractivity contribution in [2.75, 3.05) is 4.72 Å². The van der Waals surface area contributed by atoms with Gasteiger partial charge in [-0.15, -0.1) is 11.3 Å². The van der Waals surface area contributed by atoms with Crippen LogP contribution in [0, 0.1) is 25.2 Å². The van der Waals surface area contributed by atoms with Crippen molar-refractivity contribution in [2.45, 2.75) is 18.2 Å². The second kappa shape index (κ2) is 5.19. The largest absolute Gasteiger partial charge is 0.358 e. The third-order valence-electron chi connectivity index (χ3n) is 3.09. The van der Waals surface area contributed by atoms with Crippen LogP contribution >= 0.6 is 23.3 Å². The zero-order chi connectivity index (χ0) is 14.1. The molecule has 2 aromatic heterocycles. The second-order valence-electron chi connectivity index (χ2n) is 4.37. The van der Waals surface area contributed by atoms with Crippen molar-refractivity contribution < 1.29 is 0 Å². The van der Waals surface area contributed by atoms with Gasteiger partial charge in [-0.1, -0.05) is 12.1 Å². The lowest BCUT2D eigenvalue weighted by Crippen LogP contribution is -1.87. The summed E-state index contributed by atoms with van der Waals surface area (Å²) < 4.78 is 4.30. The lowest BCUT2D eigenvalue weighted by molar-refractivity contribution is 1.14. The number of nitriles is 1. The van der Waals surface area contributed by atoms with Gasteiger partial charge in [0, 0.05) is 28.4 Å². The Labute approximate surface area is 125 Å². The number of fused-ring (bicyclic) bond motifs is 1. The lowest BCUT2D eigenvalue weighted by Gasteiger charge is -2.04. The molecular formula is C14H12N4S2. The maximum absolute atomic E-state index is 9.05. The Morgan fingerprint density at radius 1 is 1.40 bits per heavy atom. The second-order valence-corrected chi connectivity index (χ2v) is 6.62. The van der Waals surface area contributed by atoms with Gasteiger partial charge in [0.25, 0.3) is 0 Å². The maximum Gasteiger partial charge on any atom is 0.170 e. The first-order valence-corrected chi connectivity index (χ1v) is 7.69. The first-order chi connectivity index (χ1) is 9.69. The van der Waals surface area contributed by atoms with Gasteiger partial charge in [-0.05, 0) is 19.9 Å². The van der Waals surface area contributed by atoms with Crippen molar-refractivity contribution in [2.24, 2.45) is 0 Å². The number of thiazole rings is 1. The molecule has 2 N–H and O–H groups in total. The number of aryl methyl sites for hydroxylation is 2. The molecule has 0 saturated heterocycles. The average Bonchev–Trinajstić information content (AvgIpc) is 3.00. The number of hydrogen-bond donors (Lipinski definition) is 2. The molecule has 0 aliphatic heterocycles. The Balaban J connectivity index is 1.88. The molecule has 0 atom stereocenters. The molecule has 0 bridgehead atoms. The molecule has 3 aromatic rings. The summed E-state index contributed by atoms with van der Waals surface area (Å²) >= 11 is 3.17. The molecule has 0 radical (unpaired) electrons. The molecule has 20 heavy (non-hydrogen) atoms. The van der Waals surface area contributed by atoms with Crippen LogP contribution in [0.3, 0.4) is 0 Å². The molecule has 4 nitrogen and oxygen atoms in total. The lowest BCUT2D eigenvalue weighted by atomic mass is 10.2. The van der Waals surface area contributed by atoms with Gasteiger partial charge in [0.2, 0.25) is 0 Å². The molecule has 0 aliphatic carbocycles. The number of rotatable bonds is 3. The first kappa shape index (κ1) is 13.0. The Morgan fingerprint density at radius 2 is 2.25 bits per heavy atom. The Bertz CT molecular complexity index is 791. The number of aromatic nitrogens is 2. The molecule has 2 heterocycles. The van der Waals surface area contributed by atoms with Crippen molar-refractivity contribution >= 4 is 39.9 Å². The van der Waals surface area contributed by atoms with Gasteiger partial charge in [0.1, 0.15) is 6.07 Å². The van der Waals surface area contributed by atoms with Crippen molar-refractivity contribution in [3.05, 3.63) is 40.5 Å². The topological polar surface area (TPSA) is 64.5 Å². The highest BCUT2D eigenvalue weighted by Crippen LogP contribution is 2.31. The fourth-order valence-corrected chi connectivity index (χ4v) is 3.77. The highest BCUT2D eigenvalue weighted by atomic mass is 32.2. The number of hydrogen-bond acceptors (Lipinski definition) is 5. The summed E-state index contributed by atoms with van der Waals surface area (Å²) in [6.45, 7) is 4.09. The van der Waals surface area contributed by atoms with E-state index in [0.717, 1.165) is 26.6 Å². The molecule has 0 saturated carbocycles. The minimum absolute atomic E-state index is 0.662. The summed E-state index contributed by atoms with van der Waals surface area (Å²) in [6.07, 6.45) is 1.73. The standard InChI is InChI=1S/C14H12N4S2/c1-8-9(2)19-14(17-8)20-18-12-5-3-4-11-10(6-15)7-16-13(11)12/h3-5,7,16,18H,1-2H3. The molecule has 0 spiro atoms. The Morgan fingerprint density at radius 3 is 2.95 bits per heavy atom. The van der Waals surface area contributed by atoms with Crippen LogP contribution in [0.2, 0.25) is 0 Å². The van der Waals surface area contributed by atoms with Crippen LogP contribution in [-0.2, 0) is 0 Å². The predicted octanol–water partition coefficient (Wildman–Crippen LogP) is 4.23. The van der Waals surface area contributed by atoms with Crippen LogP contribution in [0.15, 0.2) is 28.7 Å². The van der Waals surface area contributed by atoms with E-state index in [9.17, 15) is 0 Å². The van der Waals surface area contributed by atoms with E-state index in [-0.39, 0.29) is 0 Å². The van der Waals surface area contributed by atoms with Crippen molar-refractivity contribution in [3.63, 3.8) is 0 Å². The molecule has 0 aliphatic rings. The van der Waals surface area contributed by atoms with Crippen LogP contribution in [-0.4, -0.2) is 9.97 Å². The van der Waals surface area contributed by atoms with Crippen LogP contribution in [0.25, 0.3) is 10.9 Å². The Kier molecular flexibility index (Phi) is 3.38. The van der Waals surface area contributed by atoms with Gasteiger partial charge in [0.15, 0.2) is 4.34 Å². The van der Waals surface area contributed by atoms with Crippen molar-refractivity contribution in [1.29, 1.82) is 5.26 Å². The van der Waals surface area contributed by atoms with E-state index in [1.54, 1.807) is 17.5 Å². The first-order valence-electron chi connectivity index (χ1n) is 6.06. The quantitative estimate of drug-likeness (QED) is 0.710. The highest BCUT2D eigenvalue weighted by molar-refractivity contribution is 8.02. The molecule has 0 amide bonds. The van der Waals surface area contributed by atoms with Gasteiger partial charge in [-0.3, -0.25) is 0 Å². The molecule has 0 fully saturated rings. The van der Waals surface area contributed by atoms with E-state index in [2.05, 4.69) is 27.7 Å². The summed E-state index contributed by atoms with van der Waals surface area (Å²) in [5.74, 6) is 0. The number of benzene rings is 1. The third kappa shape index (κ3) is 2.26. The molecule has 6 heteroatoms.